The van der Waals surface area contributed by atoms with Gasteiger partial charge in [0.1, 0.15) is 11.5 Å². The second-order valence-corrected chi connectivity index (χ2v) is 6.83. The van der Waals surface area contributed by atoms with E-state index < -0.39 is 11.9 Å². The number of benzene rings is 3. The molecule has 1 aliphatic carbocycles. The molecular weight excluding hydrogens is 417 g/mol. The number of nitrogens with zero attached hydrogens (tertiary/aromatic N) is 1. The zero-order chi connectivity index (χ0) is 23.3. The van der Waals surface area contributed by atoms with Crippen LogP contribution in [0.4, 0.5) is 4.53 Å². The summed E-state index contributed by atoms with van der Waals surface area (Å²) in [6.45, 7) is 0. The minimum atomic E-state index is -1.06. The topological polar surface area (TPSA) is 113 Å². The van der Waals surface area contributed by atoms with Gasteiger partial charge in [-0.1, -0.05) is 24.3 Å². The molecular formula is C24H22FNO6. The van der Waals surface area contributed by atoms with Gasteiger partial charge in [0, 0.05) is 15.3 Å². The molecule has 1 aliphatic rings. The van der Waals surface area contributed by atoms with Crippen molar-refractivity contribution in [2.75, 3.05) is 0 Å². The molecule has 0 heterocycles. The molecule has 7 nitrogen and oxygen atoms in total. The number of phenols is 2. The maximum absolute atomic E-state index is 11.3. The monoisotopic (exact) mass is 439 g/mol. The molecule has 0 spiro atoms. The summed E-state index contributed by atoms with van der Waals surface area (Å²) in [6, 6.07) is 19.2. The number of amides is 1. The first kappa shape index (κ1) is 24.2. The average molecular weight is 439 g/mol. The maximum Gasteiger partial charge on any atom is 0.379 e. The van der Waals surface area contributed by atoms with Crippen LogP contribution in [0.3, 0.4) is 0 Å². The van der Waals surface area contributed by atoms with Gasteiger partial charge in [-0.05, 0) is 85.3 Å². The average Bonchev–Trinajstić information content (AvgIpc) is 2.85. The van der Waals surface area contributed by atoms with Crippen molar-refractivity contribution in [2.24, 2.45) is 5.18 Å². The van der Waals surface area contributed by atoms with Crippen LogP contribution in [0.5, 0.6) is 11.5 Å². The summed E-state index contributed by atoms with van der Waals surface area (Å²) in [5.41, 5.74) is 3.39. The minimum absolute atomic E-state index is 0.0143. The molecule has 3 aromatic carbocycles. The Morgan fingerprint density at radius 3 is 1.59 bits per heavy atom. The van der Waals surface area contributed by atoms with Crippen molar-refractivity contribution in [3.8, 4) is 11.5 Å². The molecule has 0 aromatic heterocycles. The normalized spacial score (nSPS) is 11.4. The van der Waals surface area contributed by atoms with Crippen molar-refractivity contribution >= 4 is 11.9 Å². The van der Waals surface area contributed by atoms with Crippen LogP contribution in [0.1, 0.15) is 44.7 Å². The molecule has 0 atom stereocenters. The van der Waals surface area contributed by atoms with E-state index in [0.717, 1.165) is 0 Å². The quantitative estimate of drug-likeness (QED) is 0.524. The largest absolute Gasteiger partial charge is 0.508 e. The molecule has 8 heteroatoms. The molecule has 0 radical (unpaired) electrons. The molecule has 3 aromatic rings. The SMILES string of the molecule is O=C(OF)c1ccc(O)cc1.O=NC(=O)c1ccc(O)cc1.c1ccc2c(c1)CCCC2. The summed E-state index contributed by atoms with van der Waals surface area (Å²) in [5.74, 6) is -1.83. The highest BCUT2D eigenvalue weighted by atomic mass is 19.3. The third-order valence-electron chi connectivity index (χ3n) is 4.63. The second kappa shape index (κ2) is 12.6. The lowest BCUT2D eigenvalue weighted by molar-refractivity contribution is -0.0788. The molecule has 0 saturated carbocycles. The van der Waals surface area contributed by atoms with Crippen LogP contribution in [-0.2, 0) is 17.8 Å². The summed E-state index contributed by atoms with van der Waals surface area (Å²) in [5, 5.41) is 19.8. The number of hydrogen-bond acceptors (Lipinski definition) is 6. The van der Waals surface area contributed by atoms with Crippen LogP contribution >= 0.6 is 0 Å². The number of fused-ring (bicyclic) bond motifs is 1. The van der Waals surface area contributed by atoms with Gasteiger partial charge >= 0.3 is 11.9 Å². The van der Waals surface area contributed by atoms with E-state index in [0.29, 0.717) is 0 Å². The summed E-state index contributed by atoms with van der Waals surface area (Å²) in [7, 11) is 0. The van der Waals surface area contributed by atoms with E-state index in [4.69, 9.17) is 10.2 Å². The molecule has 2 N–H and O–H groups in total. The van der Waals surface area contributed by atoms with Gasteiger partial charge in [0.05, 0.1) is 5.56 Å². The van der Waals surface area contributed by atoms with Crippen LogP contribution < -0.4 is 0 Å². The fourth-order valence-electron chi connectivity index (χ4n) is 2.97. The van der Waals surface area contributed by atoms with Crippen LogP contribution in [0.2, 0.25) is 0 Å². The molecule has 4 rings (SSSR count). The Balaban J connectivity index is 0.000000170. The highest BCUT2D eigenvalue weighted by Crippen LogP contribution is 2.19. The Morgan fingerprint density at radius 1 is 0.750 bits per heavy atom. The van der Waals surface area contributed by atoms with Crippen molar-refractivity contribution in [1.82, 2.24) is 0 Å². The van der Waals surface area contributed by atoms with Crippen LogP contribution in [0, 0.1) is 4.91 Å². The standard InChI is InChI=1S/C10H12.C7H5FO3.C7H5NO3/c1-2-6-10-8-4-3-7-9(10)5-1;8-11-7(10)5-1-3-6(9)4-2-5;9-6-3-1-5(2-4-6)7(10)8-11/h1-2,5-6H,3-4,7-8H2;2*1-4,9H. The van der Waals surface area contributed by atoms with Gasteiger partial charge in [-0.25, -0.2) is 9.74 Å². The Hall–Kier alpha value is -4.07. The van der Waals surface area contributed by atoms with Crippen molar-refractivity contribution in [1.29, 1.82) is 0 Å². The number of hydrogen-bond donors (Lipinski definition) is 2. The van der Waals surface area contributed by atoms with E-state index in [1.54, 1.807) is 11.1 Å². The van der Waals surface area contributed by atoms with E-state index in [-0.39, 0.29) is 22.6 Å². The Kier molecular flexibility index (Phi) is 9.52. The zero-order valence-corrected chi connectivity index (χ0v) is 17.1. The highest BCUT2D eigenvalue weighted by Gasteiger charge is 2.07. The van der Waals surface area contributed by atoms with E-state index in [2.05, 4.69) is 34.4 Å². The molecule has 0 aliphatic heterocycles. The molecule has 0 fully saturated rings. The van der Waals surface area contributed by atoms with Gasteiger partial charge < -0.3 is 10.2 Å². The predicted molar refractivity (Wildman–Crippen MR) is 116 cm³/mol. The third kappa shape index (κ3) is 7.64. The van der Waals surface area contributed by atoms with E-state index in [1.165, 1.54) is 74.2 Å². The Labute approximate surface area is 184 Å². The summed E-state index contributed by atoms with van der Waals surface area (Å²) in [4.78, 5) is 33.7. The molecule has 1 amide bonds. The smallest absolute Gasteiger partial charge is 0.379 e. The highest BCUT2D eigenvalue weighted by molar-refractivity contribution is 5.94. The van der Waals surface area contributed by atoms with Gasteiger partial charge in [-0.2, -0.15) is 0 Å². The van der Waals surface area contributed by atoms with Crippen molar-refractivity contribution in [2.45, 2.75) is 25.7 Å². The van der Waals surface area contributed by atoms with Gasteiger partial charge in [-0.3, -0.25) is 4.79 Å². The number of nitroso groups, excluding NO2 is 1. The first-order valence-electron chi connectivity index (χ1n) is 9.80. The molecule has 0 unspecified atom stereocenters. The number of phenolic OH excluding ortho intramolecular Hbond substituents is 2. The van der Waals surface area contributed by atoms with Crippen molar-refractivity contribution in [3.63, 3.8) is 0 Å². The van der Waals surface area contributed by atoms with Crippen molar-refractivity contribution in [3.05, 3.63) is 100.0 Å². The van der Waals surface area contributed by atoms with Gasteiger partial charge in [0.25, 0.3) is 0 Å². The third-order valence-corrected chi connectivity index (χ3v) is 4.63. The van der Waals surface area contributed by atoms with E-state index >= 15 is 0 Å². The lowest BCUT2D eigenvalue weighted by atomic mass is 9.92. The molecule has 0 bridgehead atoms. The summed E-state index contributed by atoms with van der Waals surface area (Å²) >= 11 is 0. The summed E-state index contributed by atoms with van der Waals surface area (Å²) < 4.78 is 11.3. The number of carbonyl (C=O) groups excluding carboxylic acids is 2. The fourth-order valence-corrected chi connectivity index (χ4v) is 2.97. The predicted octanol–water partition coefficient (Wildman–Crippen LogP) is 5.30. The van der Waals surface area contributed by atoms with E-state index in [1.807, 2.05) is 0 Å². The molecule has 32 heavy (non-hydrogen) atoms. The number of aryl methyl sites for hydroxylation is 2. The van der Waals surface area contributed by atoms with Crippen LogP contribution in [0.25, 0.3) is 0 Å². The first-order valence-corrected chi connectivity index (χ1v) is 9.80. The van der Waals surface area contributed by atoms with Gasteiger partial charge in [0.15, 0.2) is 0 Å². The molecule has 166 valence electrons. The van der Waals surface area contributed by atoms with Gasteiger partial charge in [0.2, 0.25) is 0 Å². The Bertz CT molecular complexity index is 1010. The lowest BCUT2D eigenvalue weighted by Gasteiger charge is -2.13. The number of aromatic hydroxyl groups is 2. The zero-order valence-electron chi connectivity index (χ0n) is 17.1. The number of carbonyl (C=O) groups is 2. The Morgan fingerprint density at radius 2 is 1.19 bits per heavy atom. The lowest BCUT2D eigenvalue weighted by Crippen LogP contribution is -2.00. The summed E-state index contributed by atoms with van der Waals surface area (Å²) in [6.07, 6.45) is 5.38. The van der Waals surface area contributed by atoms with Crippen molar-refractivity contribution < 1.29 is 29.3 Å². The molecule has 0 saturated heterocycles. The van der Waals surface area contributed by atoms with Crippen LogP contribution in [-0.4, -0.2) is 22.1 Å². The van der Waals surface area contributed by atoms with Gasteiger partial charge in [-0.15, -0.1) is 4.91 Å². The first-order chi connectivity index (χ1) is 15.4. The number of halogens is 1. The van der Waals surface area contributed by atoms with E-state index in [9.17, 15) is 19.0 Å². The number of rotatable bonds is 2. The fraction of sp³-hybridized carbons (Fsp3) is 0.167. The maximum atomic E-state index is 11.3. The minimum Gasteiger partial charge on any atom is -0.508 e. The van der Waals surface area contributed by atoms with Crippen LogP contribution in [0.15, 0.2) is 78.0 Å². The second-order valence-electron chi connectivity index (χ2n) is 6.83.